The van der Waals surface area contributed by atoms with E-state index in [4.69, 9.17) is 9.47 Å². The van der Waals surface area contributed by atoms with Gasteiger partial charge in [-0.25, -0.2) is 0 Å². The van der Waals surface area contributed by atoms with Crippen molar-refractivity contribution in [2.24, 2.45) is 0 Å². The largest absolute Gasteiger partial charge is 0.497 e. The summed E-state index contributed by atoms with van der Waals surface area (Å²) in [5.41, 5.74) is 1.99. The number of ether oxygens (including phenoxy) is 2. The van der Waals surface area contributed by atoms with Crippen LogP contribution in [0.3, 0.4) is 0 Å². The van der Waals surface area contributed by atoms with E-state index < -0.39 is 0 Å². The van der Waals surface area contributed by atoms with Crippen LogP contribution in [0.2, 0.25) is 0 Å². The Morgan fingerprint density at radius 2 is 1.81 bits per heavy atom. The van der Waals surface area contributed by atoms with E-state index in [0.29, 0.717) is 0 Å². The number of hydrogen-bond donors (Lipinski definition) is 0. The van der Waals surface area contributed by atoms with Gasteiger partial charge in [0.25, 0.3) is 0 Å². The molecule has 0 unspecified atom stereocenters. The Labute approximate surface area is 95.4 Å². The van der Waals surface area contributed by atoms with Crippen LogP contribution in [0.4, 0.5) is 0 Å². The average molecular weight is 213 g/mol. The van der Waals surface area contributed by atoms with Crippen molar-refractivity contribution in [2.75, 3.05) is 14.2 Å². The highest BCUT2D eigenvalue weighted by Gasteiger charge is 2.05. The molecule has 2 rings (SSSR count). The first-order chi connectivity index (χ1) is 7.85. The minimum atomic E-state index is 0.819. The molecule has 0 atom stereocenters. The zero-order valence-corrected chi connectivity index (χ0v) is 9.36. The van der Waals surface area contributed by atoms with Gasteiger partial charge in [0.05, 0.1) is 14.2 Å². The van der Waals surface area contributed by atoms with Gasteiger partial charge >= 0.3 is 0 Å². The second-order valence-electron chi connectivity index (χ2n) is 3.34. The van der Waals surface area contributed by atoms with E-state index >= 15 is 0 Å². The normalized spacial score (nSPS) is 9.88. The number of methoxy groups -OCH3 is 2. The molecular formula is C14H13O2. The van der Waals surface area contributed by atoms with Crippen molar-refractivity contribution >= 4 is 0 Å². The van der Waals surface area contributed by atoms with Gasteiger partial charge in [0.15, 0.2) is 0 Å². The maximum atomic E-state index is 5.31. The molecular weight excluding hydrogens is 200 g/mol. The topological polar surface area (TPSA) is 18.5 Å². The first kappa shape index (κ1) is 10.6. The average Bonchev–Trinajstić information content (AvgIpc) is 2.38. The summed E-state index contributed by atoms with van der Waals surface area (Å²) in [4.78, 5) is 0. The van der Waals surface area contributed by atoms with Gasteiger partial charge in [0.1, 0.15) is 11.5 Å². The Morgan fingerprint density at radius 3 is 2.56 bits per heavy atom. The van der Waals surface area contributed by atoms with E-state index in [2.05, 4.69) is 6.07 Å². The Kier molecular flexibility index (Phi) is 3.10. The standard InChI is InChI=1S/C14H13O2/c1-15-12-7-5-6-11(10-12)13-8-3-4-9-14(13)16-2/h3-5,7-10H,1-2H3. The number of benzene rings is 2. The van der Waals surface area contributed by atoms with Crippen LogP contribution >= 0.6 is 0 Å². The lowest BCUT2D eigenvalue weighted by molar-refractivity contribution is 0.413. The Morgan fingerprint density at radius 1 is 1.00 bits per heavy atom. The molecule has 0 aliphatic carbocycles. The summed E-state index contributed by atoms with van der Waals surface area (Å²) < 4.78 is 10.5. The molecule has 2 aromatic carbocycles. The first-order valence-electron chi connectivity index (χ1n) is 5.04. The number of hydrogen-bond acceptors (Lipinski definition) is 2. The van der Waals surface area contributed by atoms with Gasteiger partial charge in [-0.05, 0) is 29.8 Å². The fourth-order valence-electron chi connectivity index (χ4n) is 1.60. The molecule has 2 heteroatoms. The van der Waals surface area contributed by atoms with Crippen LogP contribution in [0.5, 0.6) is 11.5 Å². The third kappa shape index (κ3) is 2.01. The minimum absolute atomic E-state index is 0.819. The van der Waals surface area contributed by atoms with Crippen LogP contribution in [-0.2, 0) is 0 Å². The lowest BCUT2D eigenvalue weighted by atomic mass is 10.0. The van der Waals surface area contributed by atoms with E-state index in [9.17, 15) is 0 Å². The van der Waals surface area contributed by atoms with Gasteiger partial charge in [-0.15, -0.1) is 0 Å². The summed E-state index contributed by atoms with van der Waals surface area (Å²) in [6, 6.07) is 16.7. The molecule has 0 saturated carbocycles. The molecule has 0 N–H and O–H groups in total. The summed E-state index contributed by atoms with van der Waals surface area (Å²) in [6.45, 7) is 0. The molecule has 2 aromatic rings. The van der Waals surface area contributed by atoms with Crippen molar-refractivity contribution in [3.63, 3.8) is 0 Å². The molecule has 81 valence electrons. The Bertz CT molecular complexity index is 478. The zero-order valence-electron chi connectivity index (χ0n) is 9.36. The smallest absolute Gasteiger partial charge is 0.126 e. The molecule has 0 saturated heterocycles. The van der Waals surface area contributed by atoms with E-state index in [1.165, 1.54) is 0 Å². The molecule has 0 amide bonds. The van der Waals surface area contributed by atoms with E-state index in [1.54, 1.807) is 14.2 Å². The highest BCUT2D eigenvalue weighted by molar-refractivity contribution is 5.70. The molecule has 16 heavy (non-hydrogen) atoms. The van der Waals surface area contributed by atoms with E-state index in [1.807, 2.05) is 42.5 Å². The summed E-state index contributed by atoms with van der Waals surface area (Å²) in [5.74, 6) is 1.66. The summed E-state index contributed by atoms with van der Waals surface area (Å²) in [5, 5.41) is 0. The molecule has 0 aliphatic heterocycles. The Balaban J connectivity index is 2.49. The van der Waals surface area contributed by atoms with Crippen LogP contribution < -0.4 is 9.47 Å². The summed E-state index contributed by atoms with van der Waals surface area (Å²) in [7, 11) is 3.32. The fraction of sp³-hybridized carbons (Fsp3) is 0.143. The second-order valence-corrected chi connectivity index (χ2v) is 3.34. The van der Waals surface area contributed by atoms with Crippen molar-refractivity contribution in [3.8, 4) is 22.6 Å². The first-order valence-corrected chi connectivity index (χ1v) is 5.04. The maximum absolute atomic E-state index is 5.31. The predicted molar refractivity (Wildman–Crippen MR) is 63.8 cm³/mol. The minimum Gasteiger partial charge on any atom is -0.497 e. The molecule has 1 radical (unpaired) electrons. The zero-order chi connectivity index (χ0) is 11.4. The van der Waals surface area contributed by atoms with Crippen molar-refractivity contribution < 1.29 is 9.47 Å². The molecule has 0 aromatic heterocycles. The molecule has 0 heterocycles. The van der Waals surface area contributed by atoms with E-state index in [0.717, 1.165) is 22.6 Å². The lowest BCUT2D eigenvalue weighted by Gasteiger charge is -2.08. The third-order valence-electron chi connectivity index (χ3n) is 2.41. The quantitative estimate of drug-likeness (QED) is 0.779. The maximum Gasteiger partial charge on any atom is 0.126 e. The van der Waals surface area contributed by atoms with Gasteiger partial charge < -0.3 is 9.47 Å². The van der Waals surface area contributed by atoms with Crippen molar-refractivity contribution in [1.82, 2.24) is 0 Å². The van der Waals surface area contributed by atoms with Crippen LogP contribution in [0.25, 0.3) is 11.1 Å². The number of rotatable bonds is 3. The van der Waals surface area contributed by atoms with Crippen molar-refractivity contribution in [1.29, 1.82) is 0 Å². The van der Waals surface area contributed by atoms with Crippen LogP contribution in [0.15, 0.2) is 42.5 Å². The van der Waals surface area contributed by atoms with Crippen LogP contribution in [-0.4, -0.2) is 14.2 Å². The molecule has 0 fully saturated rings. The van der Waals surface area contributed by atoms with Gasteiger partial charge in [0, 0.05) is 5.56 Å². The molecule has 0 spiro atoms. The van der Waals surface area contributed by atoms with Crippen LogP contribution in [0.1, 0.15) is 0 Å². The molecule has 0 aliphatic rings. The number of para-hydroxylation sites is 1. The Hall–Kier alpha value is -1.96. The lowest BCUT2D eigenvalue weighted by Crippen LogP contribution is -1.88. The SMILES string of the molecule is COc1cc[c]c(-c2ccccc2OC)c1. The van der Waals surface area contributed by atoms with Crippen molar-refractivity contribution in [2.45, 2.75) is 0 Å². The van der Waals surface area contributed by atoms with E-state index in [-0.39, 0.29) is 0 Å². The van der Waals surface area contributed by atoms with Gasteiger partial charge in [0.2, 0.25) is 0 Å². The molecule has 2 nitrogen and oxygen atoms in total. The summed E-state index contributed by atoms with van der Waals surface area (Å²) in [6.07, 6.45) is 0. The molecule has 0 bridgehead atoms. The highest BCUT2D eigenvalue weighted by Crippen LogP contribution is 2.30. The third-order valence-corrected chi connectivity index (χ3v) is 2.41. The second kappa shape index (κ2) is 4.71. The van der Waals surface area contributed by atoms with Crippen LogP contribution in [0, 0.1) is 6.07 Å². The van der Waals surface area contributed by atoms with Gasteiger partial charge in [-0.2, -0.15) is 0 Å². The van der Waals surface area contributed by atoms with Gasteiger partial charge in [-0.3, -0.25) is 0 Å². The predicted octanol–water partition coefficient (Wildman–Crippen LogP) is 3.17. The highest BCUT2D eigenvalue weighted by atomic mass is 16.5. The summed E-state index contributed by atoms with van der Waals surface area (Å²) >= 11 is 0. The van der Waals surface area contributed by atoms with Gasteiger partial charge in [-0.1, -0.05) is 24.3 Å². The fourth-order valence-corrected chi connectivity index (χ4v) is 1.60. The monoisotopic (exact) mass is 213 g/mol. The van der Waals surface area contributed by atoms with Crippen molar-refractivity contribution in [3.05, 3.63) is 48.5 Å².